The fourth-order valence-corrected chi connectivity index (χ4v) is 2.64. The zero-order chi connectivity index (χ0) is 15.9. The summed E-state index contributed by atoms with van der Waals surface area (Å²) in [5.41, 5.74) is 0.811. The molecule has 0 radical (unpaired) electrons. The summed E-state index contributed by atoms with van der Waals surface area (Å²) in [7, 11) is 0. The summed E-state index contributed by atoms with van der Waals surface area (Å²) < 4.78 is 5.38. The molecule has 22 heavy (non-hydrogen) atoms. The molecular weight excluding hydrogens is 278 g/mol. The molecule has 0 bridgehead atoms. The van der Waals surface area contributed by atoms with E-state index in [1.165, 1.54) is 4.90 Å². The van der Waals surface area contributed by atoms with E-state index in [1.807, 2.05) is 12.1 Å². The Balaban J connectivity index is 2.08. The number of benzene rings is 1. The minimum absolute atomic E-state index is 0.0824. The summed E-state index contributed by atoms with van der Waals surface area (Å²) in [5, 5.41) is 0. The van der Waals surface area contributed by atoms with Gasteiger partial charge in [0.05, 0.1) is 5.92 Å². The largest absolute Gasteiger partial charge is 0.481 e. The van der Waals surface area contributed by atoms with Crippen LogP contribution in [0.5, 0.6) is 5.75 Å². The summed E-state index contributed by atoms with van der Waals surface area (Å²) in [5.74, 6) is 2.45. The molecule has 116 valence electrons. The Morgan fingerprint density at radius 3 is 2.91 bits per heavy atom. The number of ether oxygens (including phenoxy) is 1. The van der Waals surface area contributed by atoms with Gasteiger partial charge in [-0.25, -0.2) is 0 Å². The maximum Gasteiger partial charge on any atom is 0.237 e. The first-order chi connectivity index (χ1) is 10.7. The number of hydrogen-bond acceptors (Lipinski definition) is 3. The average molecular weight is 299 g/mol. The van der Waals surface area contributed by atoms with E-state index < -0.39 is 5.92 Å². The Hall–Kier alpha value is -2.28. The van der Waals surface area contributed by atoms with Crippen LogP contribution in [0.4, 0.5) is 0 Å². The number of unbranched alkanes of at least 4 members (excludes halogenated alkanes) is 2. The van der Waals surface area contributed by atoms with E-state index in [0.717, 1.165) is 24.8 Å². The van der Waals surface area contributed by atoms with Crippen LogP contribution in [0.2, 0.25) is 0 Å². The van der Waals surface area contributed by atoms with Crippen LogP contribution in [0.1, 0.15) is 44.1 Å². The second-order valence-electron chi connectivity index (χ2n) is 5.41. The second kappa shape index (κ2) is 7.65. The molecule has 1 atom stereocenters. The minimum Gasteiger partial charge on any atom is -0.481 e. The molecule has 0 aliphatic carbocycles. The van der Waals surface area contributed by atoms with Gasteiger partial charge in [-0.05, 0) is 24.1 Å². The maximum absolute atomic E-state index is 12.5. The Bertz CT molecular complexity index is 588. The molecule has 1 aromatic rings. The Morgan fingerprint density at radius 2 is 2.18 bits per heavy atom. The summed E-state index contributed by atoms with van der Waals surface area (Å²) >= 11 is 0. The average Bonchev–Trinajstić information content (AvgIpc) is 2.81. The highest BCUT2D eigenvalue weighted by molar-refractivity contribution is 6.06. The van der Waals surface area contributed by atoms with Crippen LogP contribution < -0.4 is 4.74 Å². The third kappa shape index (κ3) is 3.67. The highest BCUT2D eigenvalue weighted by Crippen LogP contribution is 2.31. The van der Waals surface area contributed by atoms with Crippen molar-refractivity contribution in [2.75, 3.05) is 13.2 Å². The molecule has 4 heteroatoms. The zero-order valence-corrected chi connectivity index (χ0v) is 12.9. The van der Waals surface area contributed by atoms with Gasteiger partial charge in [-0.15, -0.1) is 6.42 Å². The van der Waals surface area contributed by atoms with Gasteiger partial charge in [0.1, 0.15) is 12.4 Å². The van der Waals surface area contributed by atoms with Crippen molar-refractivity contribution in [3.05, 3.63) is 29.8 Å². The van der Waals surface area contributed by atoms with Crippen LogP contribution in [-0.4, -0.2) is 29.9 Å². The van der Waals surface area contributed by atoms with E-state index in [0.29, 0.717) is 12.3 Å². The predicted octanol–water partition coefficient (Wildman–Crippen LogP) is 2.73. The second-order valence-corrected chi connectivity index (χ2v) is 5.41. The number of likely N-dealkylation sites (tertiary alicyclic amines) is 1. The van der Waals surface area contributed by atoms with E-state index in [9.17, 15) is 9.59 Å². The Labute approximate surface area is 131 Å². The van der Waals surface area contributed by atoms with Crippen molar-refractivity contribution in [1.29, 1.82) is 0 Å². The van der Waals surface area contributed by atoms with Gasteiger partial charge in [0.2, 0.25) is 11.8 Å². The van der Waals surface area contributed by atoms with Crippen LogP contribution in [0.25, 0.3) is 0 Å². The number of carbonyl (C=O) groups excluding carboxylic acids is 2. The molecule has 1 aliphatic rings. The first kappa shape index (κ1) is 16.1. The lowest BCUT2D eigenvalue weighted by atomic mass is 9.97. The quantitative estimate of drug-likeness (QED) is 0.442. The van der Waals surface area contributed by atoms with Crippen molar-refractivity contribution < 1.29 is 14.3 Å². The van der Waals surface area contributed by atoms with Gasteiger partial charge in [-0.2, -0.15) is 0 Å². The number of hydrogen-bond donors (Lipinski definition) is 0. The summed E-state index contributed by atoms with van der Waals surface area (Å²) in [6.07, 6.45) is 8.37. The smallest absolute Gasteiger partial charge is 0.237 e. The molecule has 2 amide bonds. The third-order valence-electron chi connectivity index (χ3n) is 3.81. The molecule has 1 unspecified atom stereocenters. The number of nitrogens with zero attached hydrogens (tertiary/aromatic N) is 1. The van der Waals surface area contributed by atoms with Gasteiger partial charge in [0.15, 0.2) is 0 Å². The van der Waals surface area contributed by atoms with Crippen molar-refractivity contribution in [3.8, 4) is 18.1 Å². The van der Waals surface area contributed by atoms with Crippen LogP contribution in [0.3, 0.4) is 0 Å². The fourth-order valence-electron chi connectivity index (χ4n) is 2.64. The molecule has 0 aromatic heterocycles. The van der Waals surface area contributed by atoms with Gasteiger partial charge < -0.3 is 4.74 Å². The number of carbonyl (C=O) groups is 2. The minimum atomic E-state index is -0.400. The van der Waals surface area contributed by atoms with Crippen LogP contribution in [0.15, 0.2) is 24.3 Å². The highest BCUT2D eigenvalue weighted by atomic mass is 16.5. The van der Waals surface area contributed by atoms with E-state index in [-0.39, 0.29) is 24.8 Å². The lowest BCUT2D eigenvalue weighted by Gasteiger charge is -2.15. The molecule has 0 spiro atoms. The number of amides is 2. The first-order valence-electron chi connectivity index (χ1n) is 7.67. The Morgan fingerprint density at radius 1 is 1.36 bits per heavy atom. The zero-order valence-electron chi connectivity index (χ0n) is 12.9. The van der Waals surface area contributed by atoms with Gasteiger partial charge in [-0.1, -0.05) is 37.8 Å². The number of terminal acetylenes is 1. The van der Waals surface area contributed by atoms with Crippen molar-refractivity contribution in [2.24, 2.45) is 0 Å². The molecule has 0 N–H and O–H groups in total. The lowest BCUT2D eigenvalue weighted by Crippen LogP contribution is -2.31. The van der Waals surface area contributed by atoms with Gasteiger partial charge in [-0.3, -0.25) is 14.5 Å². The Kier molecular flexibility index (Phi) is 5.60. The molecule has 4 nitrogen and oxygen atoms in total. The molecule has 1 saturated heterocycles. The first-order valence-corrected chi connectivity index (χ1v) is 7.67. The van der Waals surface area contributed by atoms with E-state index in [4.69, 9.17) is 11.2 Å². The SMILES string of the molecule is C#CCOc1cccc(C2CC(=O)N(CCCCC)C2=O)c1. The molecule has 1 aromatic carbocycles. The third-order valence-corrected chi connectivity index (χ3v) is 3.81. The van der Waals surface area contributed by atoms with E-state index >= 15 is 0 Å². The number of rotatable bonds is 7. The topological polar surface area (TPSA) is 46.6 Å². The van der Waals surface area contributed by atoms with E-state index in [2.05, 4.69) is 12.8 Å². The fraction of sp³-hybridized carbons (Fsp3) is 0.444. The number of imide groups is 1. The summed E-state index contributed by atoms with van der Waals surface area (Å²) in [6.45, 7) is 2.80. The molecular formula is C18H21NO3. The van der Waals surface area contributed by atoms with Crippen LogP contribution in [-0.2, 0) is 9.59 Å². The summed E-state index contributed by atoms with van der Waals surface area (Å²) in [6, 6.07) is 7.26. The molecule has 1 fully saturated rings. The normalized spacial score (nSPS) is 17.6. The lowest BCUT2D eigenvalue weighted by molar-refractivity contribution is -0.138. The van der Waals surface area contributed by atoms with Crippen molar-refractivity contribution >= 4 is 11.8 Å². The molecule has 1 heterocycles. The predicted molar refractivity (Wildman–Crippen MR) is 84.4 cm³/mol. The van der Waals surface area contributed by atoms with Crippen molar-refractivity contribution in [2.45, 2.75) is 38.5 Å². The van der Waals surface area contributed by atoms with Crippen molar-refractivity contribution in [1.82, 2.24) is 4.90 Å². The molecule has 2 rings (SSSR count). The van der Waals surface area contributed by atoms with Gasteiger partial charge in [0, 0.05) is 13.0 Å². The van der Waals surface area contributed by atoms with Gasteiger partial charge in [0.25, 0.3) is 0 Å². The highest BCUT2D eigenvalue weighted by Gasteiger charge is 2.38. The van der Waals surface area contributed by atoms with Crippen molar-refractivity contribution in [3.63, 3.8) is 0 Å². The molecule has 1 aliphatic heterocycles. The summed E-state index contributed by atoms with van der Waals surface area (Å²) in [4.78, 5) is 25.9. The maximum atomic E-state index is 12.5. The van der Waals surface area contributed by atoms with Crippen LogP contribution in [0, 0.1) is 12.3 Å². The van der Waals surface area contributed by atoms with E-state index in [1.54, 1.807) is 12.1 Å². The monoisotopic (exact) mass is 299 g/mol. The molecule has 0 saturated carbocycles. The standard InChI is InChI=1S/C18H21NO3/c1-3-5-6-10-19-17(20)13-16(18(19)21)14-8-7-9-15(12-14)22-11-4-2/h2,7-9,12,16H,3,5-6,10-11,13H2,1H3. The van der Waals surface area contributed by atoms with Crippen LogP contribution >= 0.6 is 0 Å². The van der Waals surface area contributed by atoms with Gasteiger partial charge >= 0.3 is 0 Å².